The molecule has 0 N–H and O–H groups in total. The first-order chi connectivity index (χ1) is 14.0. The third kappa shape index (κ3) is 6.09. The Labute approximate surface area is 173 Å². The standard InChI is InChI=1S/C23H32F4OSi/c1-2-3-10-29-11-8-18(9-12-29)16-4-6-17(7-5-16)19-13-20(24)23(21(25)14-19)28-15-22(26)27/h13-18,29H,2-12H2,1H3/t16-,17-,18-,29-. The van der Waals surface area contributed by atoms with Crippen molar-refractivity contribution >= 4 is 8.80 Å². The van der Waals surface area contributed by atoms with Crippen molar-refractivity contribution in [2.45, 2.75) is 82.3 Å². The highest BCUT2D eigenvalue weighted by molar-refractivity contribution is 6.58. The van der Waals surface area contributed by atoms with Gasteiger partial charge in [0.15, 0.2) is 23.6 Å². The predicted molar refractivity (Wildman–Crippen MR) is 111 cm³/mol. The maximum Gasteiger partial charge on any atom is 0.305 e. The van der Waals surface area contributed by atoms with Crippen molar-refractivity contribution in [1.82, 2.24) is 0 Å². The van der Waals surface area contributed by atoms with Crippen LogP contribution >= 0.6 is 0 Å². The SMILES string of the molecule is CCCC[Si@H]1CC[C@H]([C@H]2CC[C@H](c3cc(F)c(OC=C(F)F)c(F)c3)CC2)CC1. The Morgan fingerprint density at radius 3 is 2.14 bits per heavy atom. The molecule has 0 radical (unpaired) electrons. The first-order valence-electron chi connectivity index (χ1n) is 11.1. The van der Waals surface area contributed by atoms with Gasteiger partial charge in [-0.15, -0.1) is 0 Å². The fourth-order valence-corrected chi connectivity index (χ4v) is 9.05. The summed E-state index contributed by atoms with van der Waals surface area (Å²) >= 11 is 0. The molecule has 1 heterocycles. The molecule has 29 heavy (non-hydrogen) atoms. The average Bonchev–Trinajstić information content (AvgIpc) is 2.72. The molecule has 1 aliphatic heterocycles. The molecule has 6 heteroatoms. The molecule has 3 rings (SSSR count). The molecule has 1 aromatic carbocycles. The Morgan fingerprint density at radius 1 is 1.00 bits per heavy atom. The average molecular weight is 429 g/mol. The monoisotopic (exact) mass is 428 g/mol. The van der Waals surface area contributed by atoms with E-state index in [-0.39, 0.29) is 12.2 Å². The largest absolute Gasteiger partial charge is 0.453 e. The van der Waals surface area contributed by atoms with Gasteiger partial charge in [-0.1, -0.05) is 50.7 Å². The van der Waals surface area contributed by atoms with E-state index in [2.05, 4.69) is 11.7 Å². The van der Waals surface area contributed by atoms with E-state index in [4.69, 9.17) is 0 Å². The molecule has 0 atom stereocenters. The molecule has 1 saturated heterocycles. The summed E-state index contributed by atoms with van der Waals surface area (Å²) in [6.45, 7) is 2.28. The van der Waals surface area contributed by atoms with Gasteiger partial charge in [0.2, 0.25) is 0 Å². The normalized spacial score (nSPS) is 27.5. The van der Waals surface area contributed by atoms with Crippen LogP contribution in [0.4, 0.5) is 17.6 Å². The second kappa shape index (κ2) is 10.6. The van der Waals surface area contributed by atoms with Crippen LogP contribution in [0.3, 0.4) is 0 Å². The van der Waals surface area contributed by atoms with Gasteiger partial charge in [0.1, 0.15) is 0 Å². The van der Waals surface area contributed by atoms with E-state index in [1.807, 2.05) is 0 Å². The summed E-state index contributed by atoms with van der Waals surface area (Å²) < 4.78 is 57.0. The topological polar surface area (TPSA) is 9.23 Å². The molecule has 0 bridgehead atoms. The first kappa shape index (κ1) is 22.4. The van der Waals surface area contributed by atoms with E-state index in [0.717, 1.165) is 37.5 Å². The van der Waals surface area contributed by atoms with Crippen molar-refractivity contribution in [2.24, 2.45) is 11.8 Å². The van der Waals surface area contributed by atoms with Crippen molar-refractivity contribution < 1.29 is 22.3 Å². The Kier molecular flexibility index (Phi) is 8.22. The van der Waals surface area contributed by atoms with Crippen LogP contribution in [-0.2, 0) is 0 Å². The van der Waals surface area contributed by atoms with E-state index in [9.17, 15) is 17.6 Å². The predicted octanol–water partition coefficient (Wildman–Crippen LogP) is 7.79. The van der Waals surface area contributed by atoms with E-state index in [0.29, 0.717) is 5.56 Å². The Bertz CT molecular complexity index is 665. The molecule has 0 amide bonds. The molecule has 1 saturated carbocycles. The highest BCUT2D eigenvalue weighted by atomic mass is 28.3. The summed E-state index contributed by atoms with van der Waals surface area (Å²) in [4.78, 5) is 0. The molecule has 1 nitrogen and oxygen atoms in total. The number of rotatable bonds is 7. The van der Waals surface area contributed by atoms with Crippen molar-refractivity contribution in [1.29, 1.82) is 0 Å². The van der Waals surface area contributed by atoms with Gasteiger partial charge in [0.25, 0.3) is 0 Å². The lowest BCUT2D eigenvalue weighted by Crippen LogP contribution is -2.28. The molecule has 1 aromatic rings. The van der Waals surface area contributed by atoms with Crippen LogP contribution < -0.4 is 4.74 Å². The summed E-state index contributed by atoms with van der Waals surface area (Å²) in [7, 11) is -0.473. The van der Waals surface area contributed by atoms with Gasteiger partial charge in [-0.2, -0.15) is 8.78 Å². The van der Waals surface area contributed by atoms with Crippen molar-refractivity contribution in [3.8, 4) is 5.75 Å². The van der Waals surface area contributed by atoms with Gasteiger partial charge in [-0.3, -0.25) is 0 Å². The van der Waals surface area contributed by atoms with Crippen LogP contribution in [0, 0.1) is 23.5 Å². The smallest absolute Gasteiger partial charge is 0.305 e. The number of hydrogen-bond acceptors (Lipinski definition) is 1. The van der Waals surface area contributed by atoms with Gasteiger partial charge in [-0.25, -0.2) is 8.78 Å². The van der Waals surface area contributed by atoms with Crippen LogP contribution in [-0.4, -0.2) is 8.80 Å². The summed E-state index contributed by atoms with van der Waals surface area (Å²) in [5.74, 6) is -0.882. The fourth-order valence-electron chi connectivity index (χ4n) is 5.40. The number of halogens is 4. The molecule has 0 spiro atoms. The van der Waals surface area contributed by atoms with Crippen LogP contribution in [0.1, 0.15) is 69.8 Å². The van der Waals surface area contributed by atoms with Gasteiger partial charge < -0.3 is 4.74 Å². The maximum atomic E-state index is 14.2. The quantitative estimate of drug-likeness (QED) is 0.245. The summed E-state index contributed by atoms with van der Waals surface area (Å²) in [5, 5.41) is 0. The lowest BCUT2D eigenvalue weighted by molar-refractivity contribution is 0.216. The molecule has 2 aliphatic rings. The van der Waals surface area contributed by atoms with E-state index >= 15 is 0 Å². The second-order valence-corrected chi connectivity index (χ2v) is 12.3. The third-order valence-electron chi connectivity index (χ3n) is 7.05. The fraction of sp³-hybridized carbons (Fsp3) is 0.652. The lowest BCUT2D eigenvalue weighted by atomic mass is 9.72. The summed E-state index contributed by atoms with van der Waals surface area (Å²) in [6, 6.07) is 7.00. The number of benzene rings is 1. The van der Waals surface area contributed by atoms with Gasteiger partial charge in [-0.05, 0) is 61.1 Å². The highest BCUT2D eigenvalue weighted by Crippen LogP contribution is 2.44. The number of hydrogen-bond donors (Lipinski definition) is 0. The highest BCUT2D eigenvalue weighted by Gasteiger charge is 2.32. The van der Waals surface area contributed by atoms with Gasteiger partial charge >= 0.3 is 6.08 Å². The lowest BCUT2D eigenvalue weighted by Gasteiger charge is -2.37. The zero-order valence-corrected chi connectivity index (χ0v) is 18.4. The minimum Gasteiger partial charge on any atom is -0.453 e. The third-order valence-corrected chi connectivity index (χ3v) is 10.6. The Hall–Kier alpha value is -1.30. The van der Waals surface area contributed by atoms with Gasteiger partial charge in [0, 0.05) is 8.80 Å². The van der Waals surface area contributed by atoms with Crippen LogP contribution in [0.25, 0.3) is 0 Å². The summed E-state index contributed by atoms with van der Waals surface area (Å²) in [6.07, 6.45) is 7.55. The molecular weight excluding hydrogens is 396 g/mol. The van der Waals surface area contributed by atoms with E-state index in [1.165, 1.54) is 55.9 Å². The van der Waals surface area contributed by atoms with Crippen molar-refractivity contribution in [3.63, 3.8) is 0 Å². The maximum absolute atomic E-state index is 14.2. The van der Waals surface area contributed by atoms with E-state index in [1.54, 1.807) is 0 Å². The molecular formula is C23H32F4OSi. The van der Waals surface area contributed by atoms with Crippen molar-refractivity contribution in [2.75, 3.05) is 0 Å². The van der Waals surface area contributed by atoms with E-state index < -0.39 is 32.3 Å². The second-order valence-electron chi connectivity index (χ2n) is 8.87. The zero-order chi connectivity index (χ0) is 20.8. The minimum absolute atomic E-state index is 0.0617. The Morgan fingerprint density at radius 2 is 1.59 bits per heavy atom. The molecule has 0 aromatic heterocycles. The van der Waals surface area contributed by atoms with Crippen LogP contribution in [0.5, 0.6) is 5.75 Å². The van der Waals surface area contributed by atoms with Crippen LogP contribution in [0.2, 0.25) is 18.1 Å². The van der Waals surface area contributed by atoms with Crippen molar-refractivity contribution in [3.05, 3.63) is 41.7 Å². The molecule has 2 fully saturated rings. The Balaban J connectivity index is 1.52. The first-order valence-corrected chi connectivity index (χ1v) is 13.6. The van der Waals surface area contributed by atoms with Crippen LogP contribution in [0.15, 0.2) is 24.5 Å². The van der Waals surface area contributed by atoms with Gasteiger partial charge in [0.05, 0.1) is 0 Å². The summed E-state index contributed by atoms with van der Waals surface area (Å²) in [5.41, 5.74) is 0.617. The minimum atomic E-state index is -2.13. The zero-order valence-electron chi connectivity index (χ0n) is 17.2. The molecule has 162 valence electrons. The number of ether oxygens (including phenoxy) is 1. The number of unbranched alkanes of at least 4 members (excludes halogenated alkanes) is 1. The molecule has 0 unspecified atom stereocenters. The molecule has 1 aliphatic carbocycles.